The number of carboxylic acid groups (broad SMARTS) is 1. The lowest BCUT2D eigenvalue weighted by molar-refractivity contribution is -0.159. The Morgan fingerprint density at radius 3 is 2.76 bits per heavy atom. The number of piperidine rings is 1. The summed E-state index contributed by atoms with van der Waals surface area (Å²) in [6, 6.07) is 11.3. The van der Waals surface area contributed by atoms with E-state index in [-0.39, 0.29) is 0 Å². The summed E-state index contributed by atoms with van der Waals surface area (Å²) in [6.45, 7) is 4.09. The molecule has 1 saturated heterocycles. The molecule has 1 N–H and O–H groups in total. The number of ether oxygens (including phenoxy) is 1. The summed E-state index contributed by atoms with van der Waals surface area (Å²) in [6.07, 6.45) is 6.54. The van der Waals surface area contributed by atoms with Gasteiger partial charge in [-0.1, -0.05) is 18.2 Å². The Hall–Kier alpha value is -2.53. The molecule has 5 heteroatoms. The normalized spacial score (nSPS) is 17.6. The molecular weight excluding hydrogens is 318 g/mol. The topological polar surface area (TPSA) is 62.9 Å². The number of benzene rings is 1. The van der Waals surface area contributed by atoms with Crippen molar-refractivity contribution in [3.8, 4) is 5.75 Å². The highest BCUT2D eigenvalue weighted by Crippen LogP contribution is 2.29. The molecule has 0 amide bonds. The van der Waals surface area contributed by atoms with Gasteiger partial charge in [0.2, 0.25) is 5.60 Å². The molecule has 0 aliphatic carbocycles. The minimum Gasteiger partial charge on any atom is -0.478 e. The van der Waals surface area contributed by atoms with Crippen molar-refractivity contribution in [1.82, 2.24) is 4.90 Å². The lowest BCUT2D eigenvalue weighted by Crippen LogP contribution is -2.53. The van der Waals surface area contributed by atoms with Crippen molar-refractivity contribution in [2.24, 2.45) is 0 Å². The van der Waals surface area contributed by atoms with Crippen LogP contribution in [0.2, 0.25) is 0 Å². The number of hydrogen-bond donors (Lipinski definition) is 1. The Kier molecular flexibility index (Phi) is 5.24. The van der Waals surface area contributed by atoms with Crippen molar-refractivity contribution in [1.29, 1.82) is 0 Å². The van der Waals surface area contributed by atoms with E-state index in [0.29, 0.717) is 31.7 Å². The van der Waals surface area contributed by atoms with E-state index in [1.807, 2.05) is 55.5 Å². The SMILES string of the molecule is Cc1cccc(OC2(C(=O)O)CCN(C/C=C/c3ccco3)CC2)c1. The molecule has 1 aromatic carbocycles. The van der Waals surface area contributed by atoms with Crippen LogP contribution in [-0.2, 0) is 4.79 Å². The van der Waals surface area contributed by atoms with Crippen molar-refractivity contribution >= 4 is 12.0 Å². The fraction of sp³-hybridized carbons (Fsp3) is 0.350. The quantitative estimate of drug-likeness (QED) is 0.870. The van der Waals surface area contributed by atoms with Gasteiger partial charge >= 0.3 is 5.97 Å². The zero-order valence-corrected chi connectivity index (χ0v) is 14.4. The second-order valence-corrected chi connectivity index (χ2v) is 6.44. The third kappa shape index (κ3) is 4.31. The van der Waals surface area contributed by atoms with Gasteiger partial charge in [0, 0.05) is 32.5 Å². The van der Waals surface area contributed by atoms with E-state index in [9.17, 15) is 9.90 Å². The van der Waals surface area contributed by atoms with Crippen LogP contribution in [0.15, 0.2) is 53.2 Å². The van der Waals surface area contributed by atoms with Crippen LogP contribution in [0, 0.1) is 6.92 Å². The first-order valence-corrected chi connectivity index (χ1v) is 8.49. The molecule has 1 aromatic heterocycles. The Balaban J connectivity index is 1.59. The molecule has 25 heavy (non-hydrogen) atoms. The molecule has 0 unspecified atom stereocenters. The maximum atomic E-state index is 11.9. The lowest BCUT2D eigenvalue weighted by atomic mass is 9.91. The van der Waals surface area contributed by atoms with Crippen molar-refractivity contribution in [2.45, 2.75) is 25.4 Å². The summed E-state index contributed by atoms with van der Waals surface area (Å²) in [4.78, 5) is 14.1. The van der Waals surface area contributed by atoms with E-state index < -0.39 is 11.6 Å². The van der Waals surface area contributed by atoms with Crippen LogP contribution in [0.1, 0.15) is 24.2 Å². The zero-order valence-electron chi connectivity index (χ0n) is 14.4. The predicted octanol–water partition coefficient (Wildman–Crippen LogP) is 3.60. The zero-order chi connectivity index (χ0) is 17.7. The number of aliphatic carboxylic acids is 1. The molecule has 132 valence electrons. The Morgan fingerprint density at radius 1 is 1.32 bits per heavy atom. The summed E-state index contributed by atoms with van der Waals surface area (Å²) < 4.78 is 11.2. The van der Waals surface area contributed by atoms with Gasteiger partial charge in [-0.25, -0.2) is 4.79 Å². The number of aryl methyl sites for hydroxylation is 1. The second-order valence-electron chi connectivity index (χ2n) is 6.44. The fourth-order valence-corrected chi connectivity index (χ4v) is 3.06. The van der Waals surface area contributed by atoms with E-state index in [2.05, 4.69) is 4.90 Å². The van der Waals surface area contributed by atoms with Gasteiger partial charge in [-0.15, -0.1) is 0 Å². The van der Waals surface area contributed by atoms with Crippen LogP contribution in [0.4, 0.5) is 0 Å². The third-order valence-electron chi connectivity index (χ3n) is 4.55. The summed E-state index contributed by atoms with van der Waals surface area (Å²) in [5.41, 5.74) is -0.0896. The van der Waals surface area contributed by atoms with Crippen molar-refractivity contribution in [3.63, 3.8) is 0 Å². The van der Waals surface area contributed by atoms with Crippen LogP contribution in [-0.4, -0.2) is 41.2 Å². The highest BCUT2D eigenvalue weighted by atomic mass is 16.5. The highest BCUT2D eigenvalue weighted by molar-refractivity contribution is 5.78. The monoisotopic (exact) mass is 341 g/mol. The van der Waals surface area contributed by atoms with Gasteiger partial charge in [-0.3, -0.25) is 4.90 Å². The van der Waals surface area contributed by atoms with E-state index in [1.165, 1.54) is 0 Å². The summed E-state index contributed by atoms with van der Waals surface area (Å²) in [5, 5.41) is 9.74. The van der Waals surface area contributed by atoms with Crippen molar-refractivity contribution in [2.75, 3.05) is 19.6 Å². The van der Waals surface area contributed by atoms with E-state index >= 15 is 0 Å². The molecule has 0 radical (unpaired) electrons. The van der Waals surface area contributed by atoms with Gasteiger partial charge in [0.1, 0.15) is 11.5 Å². The van der Waals surface area contributed by atoms with Crippen LogP contribution in [0.5, 0.6) is 5.75 Å². The average molecular weight is 341 g/mol. The number of likely N-dealkylation sites (tertiary alicyclic amines) is 1. The van der Waals surface area contributed by atoms with Gasteiger partial charge in [-0.05, 0) is 42.8 Å². The highest BCUT2D eigenvalue weighted by Gasteiger charge is 2.43. The molecule has 0 atom stereocenters. The minimum absolute atomic E-state index is 0.463. The molecule has 2 aromatic rings. The largest absolute Gasteiger partial charge is 0.478 e. The average Bonchev–Trinajstić information content (AvgIpc) is 3.10. The third-order valence-corrected chi connectivity index (χ3v) is 4.55. The maximum Gasteiger partial charge on any atom is 0.348 e. The van der Waals surface area contributed by atoms with Crippen molar-refractivity contribution < 1.29 is 19.1 Å². The number of carbonyl (C=O) groups is 1. The van der Waals surface area contributed by atoms with Gasteiger partial charge in [0.05, 0.1) is 6.26 Å². The first-order chi connectivity index (χ1) is 12.1. The summed E-state index contributed by atoms with van der Waals surface area (Å²) in [7, 11) is 0. The smallest absolute Gasteiger partial charge is 0.348 e. The molecule has 3 rings (SSSR count). The molecule has 1 fully saturated rings. The van der Waals surface area contributed by atoms with Crippen molar-refractivity contribution in [3.05, 3.63) is 60.1 Å². The lowest BCUT2D eigenvalue weighted by Gasteiger charge is -2.38. The minimum atomic E-state index is -1.14. The van der Waals surface area contributed by atoms with Gasteiger partial charge in [0.15, 0.2) is 0 Å². The molecule has 2 heterocycles. The molecular formula is C20H23NO4. The van der Waals surface area contributed by atoms with Crippen LogP contribution in [0.25, 0.3) is 6.08 Å². The molecule has 5 nitrogen and oxygen atoms in total. The van der Waals surface area contributed by atoms with E-state index in [4.69, 9.17) is 9.15 Å². The molecule has 0 spiro atoms. The number of rotatable bonds is 6. The standard InChI is InChI=1S/C20H23NO4/c1-16-5-2-6-18(15-16)25-20(19(22)23)9-12-21(13-10-20)11-3-7-17-8-4-14-24-17/h2-8,14-15H,9-13H2,1H3,(H,22,23)/b7-3+. The van der Waals surface area contributed by atoms with Gasteiger partial charge < -0.3 is 14.3 Å². The molecule has 0 bridgehead atoms. The molecule has 1 aliphatic rings. The fourth-order valence-electron chi connectivity index (χ4n) is 3.06. The number of carboxylic acids is 1. The number of furan rings is 1. The van der Waals surface area contributed by atoms with E-state index in [1.54, 1.807) is 6.26 Å². The van der Waals surface area contributed by atoms with Crippen LogP contribution in [0.3, 0.4) is 0 Å². The first-order valence-electron chi connectivity index (χ1n) is 8.49. The Morgan fingerprint density at radius 2 is 2.12 bits per heavy atom. The Bertz CT molecular complexity index is 728. The Labute approximate surface area is 147 Å². The number of nitrogens with zero attached hydrogens (tertiary/aromatic N) is 1. The van der Waals surface area contributed by atoms with Crippen LogP contribution < -0.4 is 4.74 Å². The molecule has 0 saturated carbocycles. The summed E-state index contributed by atoms with van der Waals surface area (Å²) in [5.74, 6) is 0.549. The summed E-state index contributed by atoms with van der Waals surface area (Å²) >= 11 is 0. The first kappa shape index (κ1) is 17.3. The van der Waals surface area contributed by atoms with Gasteiger partial charge in [-0.2, -0.15) is 0 Å². The van der Waals surface area contributed by atoms with Crippen LogP contribution >= 0.6 is 0 Å². The van der Waals surface area contributed by atoms with Gasteiger partial charge in [0.25, 0.3) is 0 Å². The number of hydrogen-bond acceptors (Lipinski definition) is 4. The molecule has 1 aliphatic heterocycles. The maximum absolute atomic E-state index is 11.9. The van der Waals surface area contributed by atoms with E-state index in [0.717, 1.165) is 17.9 Å². The second kappa shape index (κ2) is 7.57. The predicted molar refractivity (Wildman–Crippen MR) is 95.6 cm³/mol.